The van der Waals surface area contributed by atoms with Crippen molar-refractivity contribution in [2.75, 3.05) is 6.54 Å². The van der Waals surface area contributed by atoms with Gasteiger partial charge >= 0.3 is 6.55 Å². The number of hydrogen-bond acceptors (Lipinski definition) is 4. The number of carbonyl (C=O) groups excluding carboxylic acids is 1. The predicted molar refractivity (Wildman–Crippen MR) is 99.7 cm³/mol. The van der Waals surface area contributed by atoms with Crippen molar-refractivity contribution < 1.29 is 13.6 Å². The molecule has 1 atom stereocenters. The van der Waals surface area contributed by atoms with Gasteiger partial charge < -0.3 is 4.90 Å². The molecule has 1 amide bonds. The summed E-state index contributed by atoms with van der Waals surface area (Å²) in [5, 5.41) is 1.74. The van der Waals surface area contributed by atoms with Gasteiger partial charge in [-0.2, -0.15) is 8.78 Å². The Morgan fingerprint density at radius 1 is 1.31 bits per heavy atom. The third kappa shape index (κ3) is 3.12. The van der Waals surface area contributed by atoms with Crippen LogP contribution >= 0.6 is 23.1 Å². The van der Waals surface area contributed by atoms with E-state index in [1.165, 1.54) is 10.4 Å². The molecule has 0 aliphatic carbocycles. The van der Waals surface area contributed by atoms with Gasteiger partial charge in [0.2, 0.25) is 5.91 Å². The predicted octanol–water partition coefficient (Wildman–Crippen LogP) is 4.56. The van der Waals surface area contributed by atoms with Crippen molar-refractivity contribution in [2.45, 2.75) is 36.8 Å². The zero-order valence-corrected chi connectivity index (χ0v) is 15.7. The minimum Gasteiger partial charge on any atom is -0.337 e. The molecule has 0 spiro atoms. The van der Waals surface area contributed by atoms with Crippen LogP contribution in [0.25, 0.3) is 11.0 Å². The number of aromatic nitrogens is 2. The number of rotatable bonds is 4. The fraction of sp³-hybridized carbons (Fsp3) is 0.333. The first-order chi connectivity index (χ1) is 12.5. The highest BCUT2D eigenvalue weighted by Crippen LogP contribution is 2.33. The molecule has 26 heavy (non-hydrogen) atoms. The average Bonchev–Trinajstić information content (AvgIpc) is 3.23. The van der Waals surface area contributed by atoms with Crippen LogP contribution in [0.15, 0.2) is 40.9 Å². The summed E-state index contributed by atoms with van der Waals surface area (Å²) >= 11 is 2.81. The molecule has 1 aromatic carbocycles. The van der Waals surface area contributed by atoms with Crippen molar-refractivity contribution in [2.24, 2.45) is 0 Å². The summed E-state index contributed by atoms with van der Waals surface area (Å²) in [6, 6.07) is 8.84. The first-order valence-electron chi connectivity index (χ1n) is 8.30. The minimum atomic E-state index is -2.70. The summed E-state index contributed by atoms with van der Waals surface area (Å²) < 4.78 is 28.0. The maximum absolute atomic E-state index is 13.5. The Bertz CT molecular complexity index is 953. The zero-order chi connectivity index (χ0) is 18.3. The Kier molecular flexibility index (Phi) is 4.71. The number of thioether (sulfide) groups is 1. The number of nitrogens with zero attached hydrogens (tertiary/aromatic N) is 3. The van der Waals surface area contributed by atoms with E-state index in [0.717, 1.165) is 22.7 Å². The molecule has 0 radical (unpaired) electrons. The molecule has 136 valence electrons. The SMILES string of the molecule is CC(Sc1nc2ccccc2n1C(F)F)C(=O)N1CCc2sccc2C1. The molecule has 0 fully saturated rings. The smallest absolute Gasteiger partial charge is 0.321 e. The summed E-state index contributed by atoms with van der Waals surface area (Å²) in [6.07, 6.45) is 0.853. The van der Waals surface area contributed by atoms with Gasteiger partial charge in [0.05, 0.1) is 16.3 Å². The summed E-state index contributed by atoms with van der Waals surface area (Å²) in [4.78, 5) is 20.3. The maximum Gasteiger partial charge on any atom is 0.321 e. The number of alkyl halides is 2. The number of amides is 1. The lowest BCUT2D eigenvalue weighted by Gasteiger charge is -2.29. The second-order valence-electron chi connectivity index (χ2n) is 6.17. The van der Waals surface area contributed by atoms with Crippen molar-refractivity contribution in [1.82, 2.24) is 14.5 Å². The van der Waals surface area contributed by atoms with E-state index in [1.807, 2.05) is 16.3 Å². The first kappa shape index (κ1) is 17.5. The Labute approximate surface area is 157 Å². The van der Waals surface area contributed by atoms with E-state index >= 15 is 0 Å². The van der Waals surface area contributed by atoms with Crippen LogP contribution in [0.1, 0.15) is 23.9 Å². The molecule has 0 saturated heterocycles. The molecule has 0 bridgehead atoms. The molecule has 4 rings (SSSR count). The van der Waals surface area contributed by atoms with Crippen LogP contribution in [0, 0.1) is 0 Å². The highest BCUT2D eigenvalue weighted by Gasteiger charge is 2.28. The van der Waals surface area contributed by atoms with Crippen LogP contribution in [0.4, 0.5) is 8.78 Å². The fourth-order valence-electron chi connectivity index (χ4n) is 3.20. The standard InChI is InChI=1S/C18H17F2N3OS2/c1-11(16(24)22-8-6-15-12(10-22)7-9-25-15)26-18-21-13-4-2-3-5-14(13)23(18)17(19)20/h2-5,7,9,11,17H,6,8,10H2,1H3. The van der Waals surface area contributed by atoms with Gasteiger partial charge in [0.15, 0.2) is 5.16 Å². The molecule has 3 aromatic rings. The number of thiophene rings is 1. The summed E-state index contributed by atoms with van der Waals surface area (Å²) in [5.41, 5.74) is 2.08. The fourth-order valence-corrected chi connectivity index (χ4v) is 5.09. The second kappa shape index (κ2) is 7.00. The van der Waals surface area contributed by atoms with E-state index in [1.54, 1.807) is 42.5 Å². The largest absolute Gasteiger partial charge is 0.337 e. The van der Waals surface area contributed by atoms with E-state index in [9.17, 15) is 13.6 Å². The van der Waals surface area contributed by atoms with E-state index in [0.29, 0.717) is 24.1 Å². The highest BCUT2D eigenvalue weighted by molar-refractivity contribution is 8.00. The lowest BCUT2D eigenvalue weighted by molar-refractivity contribution is -0.131. The van der Waals surface area contributed by atoms with Crippen LogP contribution in [0.3, 0.4) is 0 Å². The Morgan fingerprint density at radius 2 is 2.12 bits per heavy atom. The number of para-hydroxylation sites is 2. The van der Waals surface area contributed by atoms with E-state index < -0.39 is 11.8 Å². The van der Waals surface area contributed by atoms with Gasteiger partial charge in [-0.1, -0.05) is 23.9 Å². The molecule has 1 aliphatic rings. The van der Waals surface area contributed by atoms with Gasteiger partial charge in [0.25, 0.3) is 0 Å². The maximum atomic E-state index is 13.5. The van der Waals surface area contributed by atoms with Crippen LogP contribution in [-0.4, -0.2) is 32.2 Å². The molecule has 4 nitrogen and oxygen atoms in total. The lowest BCUT2D eigenvalue weighted by Crippen LogP contribution is -2.39. The van der Waals surface area contributed by atoms with E-state index in [2.05, 4.69) is 4.98 Å². The first-order valence-corrected chi connectivity index (χ1v) is 10.1. The highest BCUT2D eigenvalue weighted by atomic mass is 32.2. The average molecular weight is 393 g/mol. The Hall–Kier alpha value is -1.93. The molecular formula is C18H17F2N3OS2. The number of benzene rings is 1. The number of halogens is 2. The number of carbonyl (C=O) groups is 1. The van der Waals surface area contributed by atoms with Crippen molar-refractivity contribution in [1.29, 1.82) is 0 Å². The molecule has 0 N–H and O–H groups in total. The normalized spacial score (nSPS) is 15.5. The van der Waals surface area contributed by atoms with Gasteiger partial charge in [0.1, 0.15) is 0 Å². The van der Waals surface area contributed by atoms with Crippen molar-refractivity contribution in [3.63, 3.8) is 0 Å². The van der Waals surface area contributed by atoms with Gasteiger partial charge in [-0.25, -0.2) is 4.98 Å². The number of imidazole rings is 1. The lowest BCUT2D eigenvalue weighted by atomic mass is 10.1. The molecule has 0 saturated carbocycles. The molecule has 1 unspecified atom stereocenters. The quantitative estimate of drug-likeness (QED) is 0.610. The number of fused-ring (bicyclic) bond motifs is 2. The molecular weight excluding hydrogens is 376 g/mol. The van der Waals surface area contributed by atoms with E-state index in [4.69, 9.17) is 0 Å². The number of hydrogen-bond donors (Lipinski definition) is 0. The van der Waals surface area contributed by atoms with Crippen LogP contribution in [0.2, 0.25) is 0 Å². The third-order valence-corrected chi connectivity index (χ3v) is 6.58. The summed E-state index contributed by atoms with van der Waals surface area (Å²) in [7, 11) is 0. The minimum absolute atomic E-state index is 0.0419. The van der Waals surface area contributed by atoms with Crippen LogP contribution in [0.5, 0.6) is 0 Å². The van der Waals surface area contributed by atoms with Crippen LogP contribution < -0.4 is 0 Å². The van der Waals surface area contributed by atoms with E-state index in [-0.39, 0.29) is 11.1 Å². The zero-order valence-electron chi connectivity index (χ0n) is 14.1. The van der Waals surface area contributed by atoms with Crippen molar-refractivity contribution >= 4 is 40.0 Å². The topological polar surface area (TPSA) is 38.1 Å². The van der Waals surface area contributed by atoms with Gasteiger partial charge in [0, 0.05) is 18.0 Å². The molecule has 2 aromatic heterocycles. The van der Waals surface area contributed by atoms with Gasteiger partial charge in [-0.15, -0.1) is 11.3 Å². The summed E-state index contributed by atoms with van der Waals surface area (Å²) in [5.74, 6) is -0.0419. The van der Waals surface area contributed by atoms with Gasteiger partial charge in [-0.05, 0) is 42.5 Å². The molecule has 8 heteroatoms. The Morgan fingerprint density at radius 3 is 2.92 bits per heavy atom. The summed E-state index contributed by atoms with van der Waals surface area (Å²) in [6.45, 7) is 0.317. The molecule has 1 aliphatic heterocycles. The van der Waals surface area contributed by atoms with Crippen molar-refractivity contribution in [3.8, 4) is 0 Å². The Balaban J connectivity index is 1.55. The van der Waals surface area contributed by atoms with Crippen LogP contribution in [-0.2, 0) is 17.8 Å². The van der Waals surface area contributed by atoms with Gasteiger partial charge in [-0.3, -0.25) is 9.36 Å². The molecule has 3 heterocycles. The third-order valence-electron chi connectivity index (χ3n) is 4.51. The monoisotopic (exact) mass is 393 g/mol. The van der Waals surface area contributed by atoms with Crippen molar-refractivity contribution in [3.05, 3.63) is 46.2 Å². The second-order valence-corrected chi connectivity index (χ2v) is 8.48.